The van der Waals surface area contributed by atoms with Gasteiger partial charge in [-0.05, 0) is 28.7 Å². The number of fused-ring (bicyclic) bond motifs is 3. The lowest BCUT2D eigenvalue weighted by Gasteiger charge is -2.18. The second kappa shape index (κ2) is 5.46. The van der Waals surface area contributed by atoms with E-state index in [-0.39, 0.29) is 12.0 Å². The molecule has 22 heavy (non-hydrogen) atoms. The number of rotatable bonds is 2. The zero-order valence-corrected chi connectivity index (χ0v) is 12.3. The van der Waals surface area contributed by atoms with E-state index in [4.69, 9.17) is 4.74 Å². The quantitative estimate of drug-likeness (QED) is 0.925. The van der Waals surface area contributed by atoms with Gasteiger partial charge in [-0.25, -0.2) is 15.2 Å². The number of nitrogens with one attached hydrogen (secondary N) is 1. The zero-order valence-electron chi connectivity index (χ0n) is 12.3. The van der Waals surface area contributed by atoms with Crippen LogP contribution in [0.25, 0.3) is 11.1 Å². The molecule has 0 aromatic heterocycles. The van der Waals surface area contributed by atoms with Crippen LogP contribution in [0.2, 0.25) is 0 Å². The molecular formula is C18H18N2O2. The third kappa shape index (κ3) is 2.16. The van der Waals surface area contributed by atoms with Crippen LogP contribution in [0.4, 0.5) is 4.79 Å². The van der Waals surface area contributed by atoms with Crippen molar-refractivity contribution < 1.29 is 9.53 Å². The number of ether oxygens (including phenoxy) is 1. The molecule has 1 aliphatic carbocycles. The minimum Gasteiger partial charge on any atom is -0.447 e. The van der Waals surface area contributed by atoms with Crippen molar-refractivity contribution in [1.29, 1.82) is 0 Å². The van der Waals surface area contributed by atoms with Crippen LogP contribution < -0.4 is 5.43 Å². The Morgan fingerprint density at radius 2 is 1.73 bits per heavy atom. The van der Waals surface area contributed by atoms with Gasteiger partial charge in [0.1, 0.15) is 6.61 Å². The first kappa shape index (κ1) is 13.3. The van der Waals surface area contributed by atoms with E-state index in [0.717, 1.165) is 19.5 Å². The molecule has 112 valence electrons. The summed E-state index contributed by atoms with van der Waals surface area (Å²) in [6.07, 6.45) is 0.698. The molecular weight excluding hydrogens is 276 g/mol. The van der Waals surface area contributed by atoms with Gasteiger partial charge in [0.25, 0.3) is 0 Å². The van der Waals surface area contributed by atoms with E-state index >= 15 is 0 Å². The molecule has 1 heterocycles. The summed E-state index contributed by atoms with van der Waals surface area (Å²) in [7, 11) is 0. The Labute approximate surface area is 129 Å². The summed E-state index contributed by atoms with van der Waals surface area (Å²) in [5.74, 6) is 0.124. The lowest BCUT2D eigenvalue weighted by Crippen LogP contribution is -2.37. The largest absolute Gasteiger partial charge is 0.447 e. The number of hydrogen-bond acceptors (Lipinski definition) is 3. The molecule has 0 bridgehead atoms. The highest BCUT2D eigenvalue weighted by atomic mass is 16.6. The SMILES string of the molecule is O=C(OCC1c2ccccc2-c2ccccc21)N1CCCN1. The van der Waals surface area contributed by atoms with Crippen molar-refractivity contribution in [2.45, 2.75) is 12.3 Å². The lowest BCUT2D eigenvalue weighted by molar-refractivity contribution is 0.0938. The molecule has 2 aliphatic rings. The van der Waals surface area contributed by atoms with Crippen LogP contribution in [-0.4, -0.2) is 30.8 Å². The Bertz CT molecular complexity index is 662. The normalized spacial score (nSPS) is 16.5. The van der Waals surface area contributed by atoms with E-state index in [9.17, 15) is 4.79 Å². The van der Waals surface area contributed by atoms with Crippen molar-refractivity contribution in [3.63, 3.8) is 0 Å². The summed E-state index contributed by atoms with van der Waals surface area (Å²) in [6.45, 7) is 1.94. The standard InChI is InChI=1S/C18H18N2O2/c21-18(20-11-5-10-19-20)22-12-17-15-8-3-1-6-13(15)14-7-2-4-9-16(14)17/h1-4,6-9,17,19H,5,10-12H2. The summed E-state index contributed by atoms with van der Waals surface area (Å²) >= 11 is 0. The number of carbonyl (C=O) groups excluding carboxylic acids is 1. The Kier molecular flexibility index (Phi) is 3.31. The molecule has 0 spiro atoms. The monoisotopic (exact) mass is 294 g/mol. The molecule has 1 aliphatic heterocycles. The van der Waals surface area contributed by atoms with E-state index in [1.807, 2.05) is 12.1 Å². The Morgan fingerprint density at radius 3 is 2.32 bits per heavy atom. The molecule has 2 aromatic carbocycles. The molecule has 0 atom stereocenters. The smallest absolute Gasteiger partial charge is 0.424 e. The van der Waals surface area contributed by atoms with Gasteiger partial charge < -0.3 is 4.74 Å². The highest BCUT2D eigenvalue weighted by Gasteiger charge is 2.30. The molecule has 1 saturated heterocycles. The van der Waals surface area contributed by atoms with Gasteiger partial charge in [0.2, 0.25) is 0 Å². The van der Waals surface area contributed by atoms with Crippen LogP contribution in [0.1, 0.15) is 23.5 Å². The summed E-state index contributed by atoms with van der Waals surface area (Å²) in [6, 6.07) is 16.7. The summed E-state index contributed by atoms with van der Waals surface area (Å²) < 4.78 is 5.55. The fourth-order valence-corrected chi connectivity index (χ4v) is 3.36. The highest BCUT2D eigenvalue weighted by molar-refractivity contribution is 5.79. The van der Waals surface area contributed by atoms with E-state index in [2.05, 4.69) is 41.8 Å². The molecule has 4 heteroatoms. The van der Waals surface area contributed by atoms with Gasteiger partial charge in [-0.2, -0.15) is 0 Å². The molecule has 0 unspecified atom stereocenters. The average Bonchev–Trinajstić information content (AvgIpc) is 3.20. The minimum absolute atomic E-state index is 0.124. The maximum atomic E-state index is 12.1. The molecule has 2 aromatic rings. The number of hydrogen-bond donors (Lipinski definition) is 1. The number of amides is 1. The van der Waals surface area contributed by atoms with E-state index in [1.165, 1.54) is 22.3 Å². The summed E-state index contributed by atoms with van der Waals surface area (Å²) in [5.41, 5.74) is 8.01. The average molecular weight is 294 g/mol. The number of hydrazine groups is 1. The van der Waals surface area contributed by atoms with E-state index in [0.29, 0.717) is 6.61 Å². The number of nitrogens with zero attached hydrogens (tertiary/aromatic N) is 1. The molecule has 4 nitrogen and oxygen atoms in total. The molecule has 1 fully saturated rings. The molecule has 1 N–H and O–H groups in total. The second-order valence-corrected chi connectivity index (χ2v) is 5.72. The fraction of sp³-hybridized carbons (Fsp3) is 0.278. The zero-order chi connectivity index (χ0) is 14.9. The summed E-state index contributed by atoms with van der Waals surface area (Å²) in [5, 5.41) is 1.56. The van der Waals surface area contributed by atoms with Crippen LogP contribution in [0, 0.1) is 0 Å². The van der Waals surface area contributed by atoms with Crippen LogP contribution >= 0.6 is 0 Å². The van der Waals surface area contributed by atoms with Crippen LogP contribution in [0.5, 0.6) is 0 Å². The molecule has 1 amide bonds. The van der Waals surface area contributed by atoms with Gasteiger partial charge in [-0.15, -0.1) is 0 Å². The maximum Gasteiger partial charge on any atom is 0.424 e. The molecule has 0 saturated carbocycles. The first-order valence-electron chi connectivity index (χ1n) is 7.70. The van der Waals surface area contributed by atoms with Crippen molar-refractivity contribution in [2.75, 3.05) is 19.7 Å². The van der Waals surface area contributed by atoms with Gasteiger partial charge in [0, 0.05) is 19.0 Å². The van der Waals surface area contributed by atoms with E-state index < -0.39 is 0 Å². The van der Waals surface area contributed by atoms with E-state index in [1.54, 1.807) is 5.01 Å². The van der Waals surface area contributed by atoms with Gasteiger partial charge in [-0.1, -0.05) is 48.5 Å². The van der Waals surface area contributed by atoms with Crippen LogP contribution in [0.15, 0.2) is 48.5 Å². The van der Waals surface area contributed by atoms with Crippen molar-refractivity contribution in [3.05, 3.63) is 59.7 Å². The first-order valence-corrected chi connectivity index (χ1v) is 7.70. The third-order valence-electron chi connectivity index (χ3n) is 4.42. The van der Waals surface area contributed by atoms with Crippen LogP contribution in [0.3, 0.4) is 0 Å². The third-order valence-corrected chi connectivity index (χ3v) is 4.42. The van der Waals surface area contributed by atoms with Gasteiger partial charge >= 0.3 is 6.09 Å². The Morgan fingerprint density at radius 1 is 1.09 bits per heavy atom. The minimum atomic E-state index is -0.278. The van der Waals surface area contributed by atoms with Crippen molar-refractivity contribution >= 4 is 6.09 Å². The number of benzene rings is 2. The Balaban J connectivity index is 1.57. The van der Waals surface area contributed by atoms with Gasteiger partial charge in [0.15, 0.2) is 0 Å². The summed E-state index contributed by atoms with van der Waals surface area (Å²) in [4.78, 5) is 12.1. The predicted octanol–water partition coefficient (Wildman–Crippen LogP) is 3.15. The Hall–Kier alpha value is -2.33. The highest BCUT2D eigenvalue weighted by Crippen LogP contribution is 2.44. The van der Waals surface area contributed by atoms with Gasteiger partial charge in [-0.3, -0.25) is 0 Å². The molecule has 0 radical (unpaired) electrons. The van der Waals surface area contributed by atoms with Crippen molar-refractivity contribution in [2.24, 2.45) is 0 Å². The number of carbonyl (C=O) groups is 1. The second-order valence-electron chi connectivity index (χ2n) is 5.72. The maximum absolute atomic E-state index is 12.1. The van der Waals surface area contributed by atoms with Crippen molar-refractivity contribution in [3.8, 4) is 11.1 Å². The topological polar surface area (TPSA) is 41.6 Å². The first-order chi connectivity index (χ1) is 10.8. The van der Waals surface area contributed by atoms with Crippen molar-refractivity contribution in [1.82, 2.24) is 10.4 Å². The lowest BCUT2D eigenvalue weighted by atomic mass is 9.98. The van der Waals surface area contributed by atoms with Gasteiger partial charge in [0.05, 0.1) is 0 Å². The van der Waals surface area contributed by atoms with Crippen LogP contribution in [-0.2, 0) is 4.74 Å². The molecule has 4 rings (SSSR count). The fourth-order valence-electron chi connectivity index (χ4n) is 3.36. The predicted molar refractivity (Wildman–Crippen MR) is 84.4 cm³/mol.